The second-order valence-corrected chi connectivity index (χ2v) is 5.59. The van der Waals surface area contributed by atoms with E-state index in [0.29, 0.717) is 12.1 Å². The summed E-state index contributed by atoms with van der Waals surface area (Å²) in [5.41, 5.74) is 1.16. The molecule has 3 saturated heterocycles. The quantitative estimate of drug-likeness (QED) is 0.825. The van der Waals surface area contributed by atoms with Crippen LogP contribution in [0.25, 0.3) is 0 Å². The molecule has 3 aliphatic heterocycles. The van der Waals surface area contributed by atoms with Gasteiger partial charge in [0.05, 0.1) is 0 Å². The number of nitrogens with zero attached hydrogens (tertiary/aromatic N) is 2. The van der Waals surface area contributed by atoms with Crippen molar-refractivity contribution in [2.45, 2.75) is 38.6 Å². The van der Waals surface area contributed by atoms with Gasteiger partial charge in [-0.25, -0.2) is 0 Å². The molecular formula is C15H20F2N2O. The summed E-state index contributed by atoms with van der Waals surface area (Å²) in [7, 11) is 0. The second-order valence-electron chi connectivity index (χ2n) is 5.59. The van der Waals surface area contributed by atoms with Crippen LogP contribution in [0.1, 0.15) is 18.9 Å². The molecule has 2 unspecified atom stereocenters. The molecule has 1 aromatic rings. The van der Waals surface area contributed by atoms with Crippen molar-refractivity contribution < 1.29 is 13.5 Å². The van der Waals surface area contributed by atoms with Gasteiger partial charge in [0.2, 0.25) is 0 Å². The van der Waals surface area contributed by atoms with E-state index in [2.05, 4.69) is 21.5 Å². The van der Waals surface area contributed by atoms with E-state index in [1.807, 2.05) is 12.1 Å². The summed E-state index contributed by atoms with van der Waals surface area (Å²) >= 11 is 0. The van der Waals surface area contributed by atoms with Gasteiger partial charge in [0.25, 0.3) is 0 Å². The number of likely N-dealkylation sites (N-methyl/N-ethyl adjacent to an activating group) is 1. The van der Waals surface area contributed by atoms with Crippen molar-refractivity contribution >= 4 is 0 Å². The van der Waals surface area contributed by atoms with Crippen LogP contribution < -0.4 is 4.74 Å². The average Bonchev–Trinajstić information content (AvgIpc) is 2.45. The minimum atomic E-state index is -2.75. The molecule has 4 rings (SSSR count). The molecule has 0 spiro atoms. The van der Waals surface area contributed by atoms with Gasteiger partial charge in [-0.15, -0.1) is 0 Å². The molecular weight excluding hydrogens is 262 g/mol. The Morgan fingerprint density at radius 2 is 1.85 bits per heavy atom. The van der Waals surface area contributed by atoms with Crippen molar-refractivity contribution in [3.8, 4) is 5.75 Å². The smallest absolute Gasteiger partial charge is 0.387 e. The van der Waals surface area contributed by atoms with Crippen molar-refractivity contribution in [2.24, 2.45) is 0 Å². The Balaban J connectivity index is 1.57. The lowest BCUT2D eigenvalue weighted by molar-refractivity contribution is -0.0732. The fourth-order valence-electron chi connectivity index (χ4n) is 3.28. The van der Waals surface area contributed by atoms with Gasteiger partial charge in [-0.05, 0) is 30.7 Å². The van der Waals surface area contributed by atoms with Crippen molar-refractivity contribution in [3.63, 3.8) is 0 Å². The van der Waals surface area contributed by atoms with E-state index in [1.54, 1.807) is 12.1 Å². The number of halogens is 2. The summed E-state index contributed by atoms with van der Waals surface area (Å²) in [6, 6.07) is 8.31. The number of piperidine rings is 1. The fraction of sp³-hybridized carbons (Fsp3) is 0.600. The van der Waals surface area contributed by atoms with Gasteiger partial charge >= 0.3 is 6.61 Å². The van der Waals surface area contributed by atoms with Crippen LogP contribution >= 0.6 is 0 Å². The lowest BCUT2D eigenvalue weighted by atomic mass is 9.87. The summed E-state index contributed by atoms with van der Waals surface area (Å²) in [6.45, 7) is 3.79. The first-order valence-corrected chi connectivity index (χ1v) is 7.17. The van der Waals surface area contributed by atoms with E-state index in [9.17, 15) is 8.78 Å². The summed E-state index contributed by atoms with van der Waals surface area (Å²) < 4.78 is 28.5. The standard InChI is InChI=1S/C15H20F2N2O/c1-2-18-9-12-7-13(10-18)19(12)8-11-3-5-14(6-4-11)20-15(16)17/h3-6,12-13,15H,2,7-10H2,1H3. The third-order valence-electron chi connectivity index (χ3n) is 4.38. The minimum absolute atomic E-state index is 0.227. The highest BCUT2D eigenvalue weighted by Gasteiger charge is 2.43. The number of piperazine rings is 1. The maximum atomic E-state index is 12.1. The van der Waals surface area contributed by atoms with Gasteiger partial charge in [-0.3, -0.25) is 4.90 Å². The third-order valence-corrected chi connectivity index (χ3v) is 4.38. The molecule has 1 aromatic carbocycles. The molecule has 110 valence electrons. The zero-order valence-corrected chi connectivity index (χ0v) is 11.6. The van der Waals surface area contributed by atoms with Crippen LogP contribution in [0.15, 0.2) is 24.3 Å². The Labute approximate surface area is 118 Å². The number of hydrogen-bond donors (Lipinski definition) is 0. The van der Waals surface area contributed by atoms with Crippen LogP contribution in [-0.4, -0.2) is 48.1 Å². The maximum absolute atomic E-state index is 12.1. The largest absolute Gasteiger partial charge is 0.435 e. The lowest BCUT2D eigenvalue weighted by Crippen LogP contribution is -2.67. The second kappa shape index (κ2) is 5.66. The molecule has 0 aliphatic carbocycles. The number of ether oxygens (including phenoxy) is 1. The summed E-state index contributed by atoms with van der Waals surface area (Å²) in [5.74, 6) is 0.227. The van der Waals surface area contributed by atoms with Crippen LogP contribution in [0.3, 0.4) is 0 Å². The highest BCUT2D eigenvalue weighted by Crippen LogP contribution is 2.33. The van der Waals surface area contributed by atoms with Gasteiger partial charge in [-0.1, -0.05) is 19.1 Å². The molecule has 0 N–H and O–H groups in total. The summed E-state index contributed by atoms with van der Waals surface area (Å²) in [5, 5.41) is 0. The van der Waals surface area contributed by atoms with Crippen molar-refractivity contribution in [2.75, 3.05) is 19.6 Å². The Morgan fingerprint density at radius 1 is 1.20 bits per heavy atom. The van der Waals surface area contributed by atoms with E-state index < -0.39 is 6.61 Å². The van der Waals surface area contributed by atoms with Gasteiger partial charge < -0.3 is 9.64 Å². The van der Waals surface area contributed by atoms with Crippen molar-refractivity contribution in [3.05, 3.63) is 29.8 Å². The molecule has 5 heteroatoms. The monoisotopic (exact) mass is 282 g/mol. The highest BCUT2D eigenvalue weighted by atomic mass is 19.3. The molecule has 3 fully saturated rings. The molecule has 3 nitrogen and oxygen atoms in total. The van der Waals surface area contributed by atoms with E-state index in [4.69, 9.17) is 0 Å². The molecule has 0 amide bonds. The van der Waals surface area contributed by atoms with Crippen LogP contribution in [0, 0.1) is 0 Å². The average molecular weight is 282 g/mol. The van der Waals surface area contributed by atoms with Gasteiger partial charge in [0, 0.05) is 31.7 Å². The normalized spacial score (nSPS) is 26.6. The molecule has 2 bridgehead atoms. The van der Waals surface area contributed by atoms with E-state index in [1.165, 1.54) is 6.42 Å². The van der Waals surface area contributed by atoms with E-state index in [-0.39, 0.29) is 5.75 Å². The Morgan fingerprint density at radius 3 is 2.40 bits per heavy atom. The summed E-state index contributed by atoms with van der Waals surface area (Å²) in [6.07, 6.45) is 1.29. The first kappa shape index (κ1) is 13.8. The predicted molar refractivity (Wildman–Crippen MR) is 72.9 cm³/mol. The number of alkyl halides is 2. The van der Waals surface area contributed by atoms with Crippen LogP contribution in [0.5, 0.6) is 5.75 Å². The van der Waals surface area contributed by atoms with Crippen LogP contribution in [-0.2, 0) is 6.54 Å². The molecule has 3 aliphatic rings. The molecule has 20 heavy (non-hydrogen) atoms. The minimum Gasteiger partial charge on any atom is -0.435 e. The van der Waals surface area contributed by atoms with E-state index in [0.717, 1.165) is 31.7 Å². The van der Waals surface area contributed by atoms with Crippen molar-refractivity contribution in [1.29, 1.82) is 0 Å². The SMILES string of the molecule is CCN1CC2CC(C1)N2Cc1ccc(OC(F)F)cc1. The van der Waals surface area contributed by atoms with Gasteiger partial charge in [0.15, 0.2) is 0 Å². The zero-order chi connectivity index (χ0) is 14.1. The van der Waals surface area contributed by atoms with Crippen molar-refractivity contribution in [1.82, 2.24) is 9.80 Å². The first-order valence-electron chi connectivity index (χ1n) is 7.17. The highest BCUT2D eigenvalue weighted by molar-refractivity contribution is 5.27. The number of hydrogen-bond acceptors (Lipinski definition) is 3. The van der Waals surface area contributed by atoms with E-state index >= 15 is 0 Å². The molecule has 0 radical (unpaired) electrons. The maximum Gasteiger partial charge on any atom is 0.387 e. The Bertz CT molecular complexity index is 440. The summed E-state index contributed by atoms with van der Waals surface area (Å²) in [4.78, 5) is 5.02. The van der Waals surface area contributed by atoms with Crippen LogP contribution in [0.4, 0.5) is 8.78 Å². The van der Waals surface area contributed by atoms with Crippen LogP contribution in [0.2, 0.25) is 0 Å². The lowest BCUT2D eigenvalue weighted by Gasteiger charge is -2.56. The molecule has 2 atom stereocenters. The Kier molecular flexibility index (Phi) is 3.89. The number of rotatable bonds is 5. The number of fused-ring (bicyclic) bond motifs is 2. The molecule has 3 heterocycles. The third kappa shape index (κ3) is 2.79. The topological polar surface area (TPSA) is 15.7 Å². The Hall–Kier alpha value is -1.20. The molecule has 0 saturated carbocycles. The first-order chi connectivity index (χ1) is 9.65. The fourth-order valence-corrected chi connectivity index (χ4v) is 3.28. The van der Waals surface area contributed by atoms with Gasteiger partial charge in [-0.2, -0.15) is 8.78 Å². The number of benzene rings is 1. The van der Waals surface area contributed by atoms with Gasteiger partial charge in [0.1, 0.15) is 5.75 Å². The zero-order valence-electron chi connectivity index (χ0n) is 11.6. The molecule has 0 aromatic heterocycles. The predicted octanol–water partition coefficient (Wildman–Crippen LogP) is 2.57.